The summed E-state index contributed by atoms with van der Waals surface area (Å²) in [7, 11) is 0. The number of amides is 1. The summed E-state index contributed by atoms with van der Waals surface area (Å²) in [6.07, 6.45) is 6.97. The van der Waals surface area contributed by atoms with Gasteiger partial charge in [-0.15, -0.1) is 0 Å². The molecule has 1 aliphatic heterocycles. The Bertz CT molecular complexity index is 1410. The largest absolute Gasteiger partial charge is 0.459 e. The first-order chi connectivity index (χ1) is 17.9. The van der Waals surface area contributed by atoms with Crippen molar-refractivity contribution in [3.05, 3.63) is 59.1 Å². The highest BCUT2D eigenvalue weighted by molar-refractivity contribution is 6.32. The van der Waals surface area contributed by atoms with Crippen molar-refractivity contribution in [2.24, 2.45) is 5.92 Å². The SMILES string of the molecule is CCOC(=O)C(=O)N1CCC=C(c2cc3cc(C=O)cc(-c4ccc(CC)nc4C)c3n2CC2CC2)C1. The van der Waals surface area contributed by atoms with Crippen LogP contribution in [0.5, 0.6) is 0 Å². The smallest absolute Gasteiger partial charge is 0.397 e. The van der Waals surface area contributed by atoms with E-state index in [0.717, 1.165) is 63.9 Å². The zero-order valence-corrected chi connectivity index (χ0v) is 21.8. The normalized spacial score (nSPS) is 15.5. The minimum Gasteiger partial charge on any atom is -0.459 e. The number of carbonyl (C=O) groups is 3. The van der Waals surface area contributed by atoms with Gasteiger partial charge in [0.25, 0.3) is 0 Å². The summed E-state index contributed by atoms with van der Waals surface area (Å²) in [5, 5.41) is 0.990. The maximum atomic E-state index is 12.7. The quantitative estimate of drug-likeness (QED) is 0.260. The lowest BCUT2D eigenvalue weighted by atomic mass is 9.98. The van der Waals surface area contributed by atoms with Gasteiger partial charge in [0.1, 0.15) is 6.29 Å². The average molecular weight is 500 g/mol. The van der Waals surface area contributed by atoms with Crippen LogP contribution in [-0.2, 0) is 27.3 Å². The molecule has 1 aromatic carbocycles. The number of ether oxygens (including phenoxy) is 1. The number of hydrogen-bond donors (Lipinski definition) is 0. The van der Waals surface area contributed by atoms with E-state index < -0.39 is 11.9 Å². The predicted octanol–water partition coefficient (Wildman–Crippen LogP) is 4.98. The summed E-state index contributed by atoms with van der Waals surface area (Å²) >= 11 is 0. The fourth-order valence-corrected chi connectivity index (χ4v) is 5.24. The van der Waals surface area contributed by atoms with Gasteiger partial charge in [0, 0.05) is 58.8 Å². The molecular formula is C30H33N3O4. The number of hydrogen-bond acceptors (Lipinski definition) is 5. The lowest BCUT2D eigenvalue weighted by molar-refractivity contribution is -0.159. The van der Waals surface area contributed by atoms with Gasteiger partial charge in [0.05, 0.1) is 12.1 Å². The highest BCUT2D eigenvalue weighted by Gasteiger charge is 2.30. The van der Waals surface area contributed by atoms with Gasteiger partial charge in [-0.3, -0.25) is 14.6 Å². The minimum absolute atomic E-state index is 0.173. The molecule has 7 heteroatoms. The van der Waals surface area contributed by atoms with E-state index in [0.29, 0.717) is 31.0 Å². The third-order valence-corrected chi connectivity index (χ3v) is 7.30. The lowest BCUT2D eigenvalue weighted by Crippen LogP contribution is -2.40. The van der Waals surface area contributed by atoms with Crippen molar-refractivity contribution in [3.63, 3.8) is 0 Å². The summed E-state index contributed by atoms with van der Waals surface area (Å²) in [5.41, 5.74) is 7.73. The Morgan fingerprint density at radius 3 is 2.62 bits per heavy atom. The van der Waals surface area contributed by atoms with Crippen molar-refractivity contribution in [3.8, 4) is 11.1 Å². The molecule has 3 heterocycles. The van der Waals surface area contributed by atoms with Gasteiger partial charge in [-0.1, -0.05) is 19.1 Å². The van der Waals surface area contributed by atoms with Crippen molar-refractivity contribution in [2.45, 2.75) is 53.0 Å². The molecule has 0 atom stereocenters. The van der Waals surface area contributed by atoms with E-state index in [1.807, 2.05) is 19.1 Å². The van der Waals surface area contributed by atoms with Gasteiger partial charge in [0.15, 0.2) is 0 Å². The molecule has 1 aliphatic carbocycles. The van der Waals surface area contributed by atoms with Crippen LogP contribution in [0.1, 0.15) is 60.5 Å². The van der Waals surface area contributed by atoms with E-state index in [9.17, 15) is 14.4 Å². The Morgan fingerprint density at radius 2 is 1.95 bits per heavy atom. The number of carbonyl (C=O) groups excluding carboxylic acids is 3. The molecule has 3 aromatic rings. The van der Waals surface area contributed by atoms with Gasteiger partial charge in [-0.05, 0) is 75.3 Å². The first-order valence-electron chi connectivity index (χ1n) is 13.2. The van der Waals surface area contributed by atoms with Crippen molar-refractivity contribution in [2.75, 3.05) is 19.7 Å². The number of rotatable bonds is 7. The van der Waals surface area contributed by atoms with E-state index >= 15 is 0 Å². The fourth-order valence-electron chi connectivity index (χ4n) is 5.24. The summed E-state index contributed by atoms with van der Waals surface area (Å²) in [6, 6.07) is 10.2. The Hall–Kier alpha value is -3.74. The zero-order chi connectivity index (χ0) is 26.1. The van der Waals surface area contributed by atoms with Crippen molar-refractivity contribution >= 4 is 34.6 Å². The molecule has 0 N–H and O–H groups in total. The third kappa shape index (κ3) is 4.95. The molecule has 0 bridgehead atoms. The second-order valence-corrected chi connectivity index (χ2v) is 9.96. The topological polar surface area (TPSA) is 81.5 Å². The minimum atomic E-state index is -0.807. The first-order valence-corrected chi connectivity index (χ1v) is 13.2. The third-order valence-electron chi connectivity index (χ3n) is 7.30. The molecule has 192 valence electrons. The molecule has 5 rings (SSSR count). The van der Waals surface area contributed by atoms with Crippen LogP contribution in [0.25, 0.3) is 27.6 Å². The number of esters is 1. The number of aromatic nitrogens is 2. The molecule has 1 saturated carbocycles. The molecule has 37 heavy (non-hydrogen) atoms. The Kier molecular flexibility index (Phi) is 6.96. The second-order valence-electron chi connectivity index (χ2n) is 9.96. The van der Waals surface area contributed by atoms with Crippen LogP contribution in [0.4, 0.5) is 0 Å². The van der Waals surface area contributed by atoms with Crippen LogP contribution < -0.4 is 0 Å². The number of nitrogens with zero attached hydrogens (tertiary/aromatic N) is 3. The molecule has 1 amide bonds. The predicted molar refractivity (Wildman–Crippen MR) is 143 cm³/mol. The maximum absolute atomic E-state index is 12.7. The zero-order valence-electron chi connectivity index (χ0n) is 21.8. The Balaban J connectivity index is 1.64. The molecule has 2 aliphatic rings. The van der Waals surface area contributed by atoms with E-state index in [1.165, 1.54) is 12.8 Å². The highest BCUT2D eigenvalue weighted by Crippen LogP contribution is 2.40. The van der Waals surface area contributed by atoms with Crippen LogP contribution in [0.2, 0.25) is 0 Å². The van der Waals surface area contributed by atoms with Gasteiger partial charge >= 0.3 is 11.9 Å². The number of pyridine rings is 1. The molecule has 0 spiro atoms. The summed E-state index contributed by atoms with van der Waals surface area (Å²) in [4.78, 5) is 43.1. The van der Waals surface area contributed by atoms with E-state index in [1.54, 1.807) is 11.8 Å². The first kappa shape index (κ1) is 24.9. The standard InChI is InChI=1S/C30H33N3O4/c1-4-24-10-11-25(19(3)31-24)26-14-21(18-34)13-23-15-27(33(28(23)26)16-20-8-9-20)22-7-6-12-32(17-22)29(35)30(36)37-5-2/h7,10-11,13-15,18,20H,4-6,8-9,12,16-17H2,1-3H3. The van der Waals surface area contributed by atoms with Crippen LogP contribution >= 0.6 is 0 Å². The maximum Gasteiger partial charge on any atom is 0.397 e. The monoisotopic (exact) mass is 499 g/mol. The van der Waals surface area contributed by atoms with Gasteiger partial charge in [0.2, 0.25) is 0 Å². The molecular weight excluding hydrogens is 466 g/mol. The summed E-state index contributed by atoms with van der Waals surface area (Å²) in [5.74, 6) is -0.797. The van der Waals surface area contributed by atoms with E-state index in [-0.39, 0.29) is 6.61 Å². The summed E-state index contributed by atoms with van der Waals surface area (Å²) in [6.45, 7) is 7.68. The van der Waals surface area contributed by atoms with Crippen LogP contribution in [0.3, 0.4) is 0 Å². The second kappa shape index (κ2) is 10.3. The molecule has 7 nitrogen and oxygen atoms in total. The van der Waals surface area contributed by atoms with Crippen LogP contribution in [-0.4, -0.2) is 52.3 Å². The number of fused-ring (bicyclic) bond motifs is 1. The van der Waals surface area contributed by atoms with E-state index in [2.05, 4.69) is 35.8 Å². The number of aryl methyl sites for hydroxylation is 2. The van der Waals surface area contributed by atoms with Crippen molar-refractivity contribution in [1.29, 1.82) is 0 Å². The van der Waals surface area contributed by atoms with Gasteiger partial charge < -0.3 is 14.2 Å². The fraction of sp³-hybridized carbons (Fsp3) is 0.400. The van der Waals surface area contributed by atoms with E-state index in [4.69, 9.17) is 9.72 Å². The Morgan fingerprint density at radius 1 is 1.14 bits per heavy atom. The van der Waals surface area contributed by atoms with Crippen LogP contribution in [0, 0.1) is 12.8 Å². The van der Waals surface area contributed by atoms with Crippen molar-refractivity contribution < 1.29 is 19.1 Å². The number of aldehydes is 1. The molecule has 2 aromatic heterocycles. The molecule has 1 fully saturated rings. The molecule has 0 radical (unpaired) electrons. The van der Waals surface area contributed by atoms with Gasteiger partial charge in [-0.25, -0.2) is 4.79 Å². The molecule has 0 unspecified atom stereocenters. The summed E-state index contributed by atoms with van der Waals surface area (Å²) < 4.78 is 7.31. The number of benzene rings is 1. The highest BCUT2D eigenvalue weighted by atomic mass is 16.5. The van der Waals surface area contributed by atoms with Crippen LogP contribution in [0.15, 0.2) is 36.4 Å². The van der Waals surface area contributed by atoms with Crippen molar-refractivity contribution in [1.82, 2.24) is 14.5 Å². The van der Waals surface area contributed by atoms with Gasteiger partial charge in [-0.2, -0.15) is 0 Å². The average Bonchev–Trinajstić information content (AvgIpc) is 3.66. The molecule has 0 saturated heterocycles. The Labute approximate surface area is 217 Å². The lowest BCUT2D eigenvalue weighted by Gasteiger charge is -2.27.